The van der Waals surface area contributed by atoms with Crippen LogP contribution in [0.25, 0.3) is 0 Å². The van der Waals surface area contributed by atoms with E-state index in [4.69, 9.17) is 4.42 Å². The Balaban J connectivity index is 1.51. The lowest BCUT2D eigenvalue weighted by Crippen LogP contribution is -2.30. The molecule has 3 rings (SSSR count). The second-order valence-electron chi connectivity index (χ2n) is 5.62. The minimum Gasteiger partial charge on any atom is -0.459 e. The first kappa shape index (κ1) is 13.7. The van der Waals surface area contributed by atoms with Crippen LogP contribution in [-0.4, -0.2) is 25.5 Å². The Morgan fingerprint density at radius 3 is 2.86 bits per heavy atom. The minimum absolute atomic E-state index is 0.131. The first-order valence-corrected chi connectivity index (χ1v) is 7.36. The molecule has 1 unspecified atom stereocenters. The molecule has 1 amide bonds. The van der Waals surface area contributed by atoms with Gasteiger partial charge in [0.15, 0.2) is 5.76 Å². The van der Waals surface area contributed by atoms with Gasteiger partial charge in [-0.15, -0.1) is 0 Å². The number of furan rings is 1. The summed E-state index contributed by atoms with van der Waals surface area (Å²) in [4.78, 5) is 14.2. The number of carbonyl (C=O) groups is 1. The molecule has 1 aromatic heterocycles. The van der Waals surface area contributed by atoms with Gasteiger partial charge >= 0.3 is 0 Å². The zero-order chi connectivity index (χ0) is 14.7. The number of hydrogen-bond donors (Lipinski definition) is 1. The molecule has 1 atom stereocenters. The van der Waals surface area contributed by atoms with E-state index in [2.05, 4.69) is 41.4 Å². The molecule has 1 fully saturated rings. The van der Waals surface area contributed by atoms with Crippen LogP contribution >= 0.6 is 0 Å². The fourth-order valence-corrected chi connectivity index (χ4v) is 2.72. The van der Waals surface area contributed by atoms with Gasteiger partial charge in [0.25, 0.3) is 5.91 Å². The van der Waals surface area contributed by atoms with E-state index in [1.54, 1.807) is 12.1 Å². The number of nitrogens with one attached hydrogen (secondary N) is 1. The van der Waals surface area contributed by atoms with Crippen LogP contribution in [0.4, 0.5) is 5.69 Å². The maximum Gasteiger partial charge on any atom is 0.286 e. The zero-order valence-electron chi connectivity index (χ0n) is 12.2. The number of anilines is 1. The highest BCUT2D eigenvalue weighted by molar-refractivity contribution is 5.91. The molecular weight excluding hydrogens is 264 g/mol. The number of benzene rings is 1. The van der Waals surface area contributed by atoms with Gasteiger partial charge < -0.3 is 14.6 Å². The van der Waals surface area contributed by atoms with Gasteiger partial charge in [0.05, 0.1) is 6.26 Å². The molecule has 4 heteroatoms. The quantitative estimate of drug-likeness (QED) is 0.939. The van der Waals surface area contributed by atoms with Gasteiger partial charge in [-0.2, -0.15) is 0 Å². The third-order valence-electron chi connectivity index (χ3n) is 3.98. The van der Waals surface area contributed by atoms with Crippen molar-refractivity contribution in [3.05, 3.63) is 54.0 Å². The lowest BCUT2D eigenvalue weighted by atomic mass is 10.1. The van der Waals surface area contributed by atoms with Gasteiger partial charge in [-0.05, 0) is 43.5 Å². The summed E-state index contributed by atoms with van der Waals surface area (Å²) < 4.78 is 5.09. The van der Waals surface area contributed by atoms with Crippen LogP contribution in [0.2, 0.25) is 0 Å². The summed E-state index contributed by atoms with van der Waals surface area (Å²) in [6, 6.07) is 12.0. The topological polar surface area (TPSA) is 45.5 Å². The van der Waals surface area contributed by atoms with Gasteiger partial charge in [0.1, 0.15) is 0 Å². The molecule has 0 spiro atoms. The molecule has 4 nitrogen and oxygen atoms in total. The second kappa shape index (κ2) is 6.04. The van der Waals surface area contributed by atoms with Crippen molar-refractivity contribution in [2.24, 2.45) is 5.92 Å². The van der Waals surface area contributed by atoms with Crippen molar-refractivity contribution in [1.29, 1.82) is 0 Å². The van der Waals surface area contributed by atoms with Crippen molar-refractivity contribution in [2.45, 2.75) is 13.3 Å². The fourth-order valence-electron chi connectivity index (χ4n) is 2.72. The molecule has 1 aromatic carbocycles. The van der Waals surface area contributed by atoms with Gasteiger partial charge in [-0.3, -0.25) is 4.79 Å². The molecule has 0 saturated carbocycles. The van der Waals surface area contributed by atoms with Gasteiger partial charge in [-0.25, -0.2) is 0 Å². The Morgan fingerprint density at radius 2 is 2.14 bits per heavy atom. The molecule has 21 heavy (non-hydrogen) atoms. The van der Waals surface area contributed by atoms with Crippen LogP contribution < -0.4 is 10.2 Å². The predicted octanol–water partition coefficient (Wildman–Crippen LogP) is 2.84. The first-order chi connectivity index (χ1) is 10.2. The van der Waals surface area contributed by atoms with E-state index >= 15 is 0 Å². The Labute approximate surface area is 124 Å². The number of hydrogen-bond acceptors (Lipinski definition) is 3. The molecule has 0 radical (unpaired) electrons. The lowest BCUT2D eigenvalue weighted by Gasteiger charge is -2.19. The van der Waals surface area contributed by atoms with Crippen molar-refractivity contribution in [3.63, 3.8) is 0 Å². The van der Waals surface area contributed by atoms with Gasteiger partial charge in [0.2, 0.25) is 0 Å². The number of carbonyl (C=O) groups excluding carboxylic acids is 1. The van der Waals surface area contributed by atoms with Crippen molar-refractivity contribution in [2.75, 3.05) is 24.5 Å². The molecule has 1 aliphatic heterocycles. The normalized spacial score (nSPS) is 18.0. The SMILES string of the molecule is Cc1ccc(N2CCC(CNC(=O)c3ccco3)C2)cc1. The maximum absolute atomic E-state index is 11.8. The molecule has 0 aliphatic carbocycles. The zero-order valence-corrected chi connectivity index (χ0v) is 12.2. The Kier molecular flexibility index (Phi) is 3.95. The van der Waals surface area contributed by atoms with E-state index in [-0.39, 0.29) is 5.91 Å². The van der Waals surface area contributed by atoms with Crippen molar-refractivity contribution >= 4 is 11.6 Å². The smallest absolute Gasteiger partial charge is 0.286 e. The van der Waals surface area contributed by atoms with Crippen LogP contribution in [0.1, 0.15) is 22.5 Å². The molecule has 110 valence electrons. The monoisotopic (exact) mass is 284 g/mol. The number of nitrogens with zero attached hydrogens (tertiary/aromatic N) is 1. The summed E-state index contributed by atoms with van der Waals surface area (Å²) in [6.45, 7) is 4.83. The average molecular weight is 284 g/mol. The van der Waals surface area contributed by atoms with Crippen LogP contribution in [0.5, 0.6) is 0 Å². The number of amides is 1. The molecule has 0 bridgehead atoms. The Bertz CT molecular complexity index is 590. The van der Waals surface area contributed by atoms with E-state index in [0.29, 0.717) is 18.2 Å². The Morgan fingerprint density at radius 1 is 1.33 bits per heavy atom. The molecule has 1 N–H and O–H groups in total. The largest absolute Gasteiger partial charge is 0.459 e. The van der Waals surface area contributed by atoms with E-state index in [1.165, 1.54) is 17.5 Å². The van der Waals surface area contributed by atoms with E-state index in [0.717, 1.165) is 19.5 Å². The van der Waals surface area contributed by atoms with E-state index < -0.39 is 0 Å². The van der Waals surface area contributed by atoms with Crippen LogP contribution in [0, 0.1) is 12.8 Å². The van der Waals surface area contributed by atoms with E-state index in [9.17, 15) is 4.79 Å². The molecule has 2 heterocycles. The average Bonchev–Trinajstić information content (AvgIpc) is 3.17. The number of aryl methyl sites for hydroxylation is 1. The summed E-state index contributed by atoms with van der Waals surface area (Å²) >= 11 is 0. The van der Waals surface area contributed by atoms with Crippen LogP contribution in [0.15, 0.2) is 47.1 Å². The summed E-state index contributed by atoms with van der Waals surface area (Å²) in [5, 5.41) is 2.95. The molecule has 1 aliphatic rings. The van der Waals surface area contributed by atoms with Crippen LogP contribution in [-0.2, 0) is 0 Å². The van der Waals surface area contributed by atoms with Crippen LogP contribution in [0.3, 0.4) is 0 Å². The summed E-state index contributed by atoms with van der Waals surface area (Å²) in [7, 11) is 0. The second-order valence-corrected chi connectivity index (χ2v) is 5.62. The summed E-state index contributed by atoms with van der Waals surface area (Å²) in [5.41, 5.74) is 2.54. The lowest BCUT2D eigenvalue weighted by molar-refractivity contribution is 0.0920. The van der Waals surface area contributed by atoms with Crippen molar-refractivity contribution in [3.8, 4) is 0 Å². The number of rotatable bonds is 4. The highest BCUT2D eigenvalue weighted by Gasteiger charge is 2.23. The first-order valence-electron chi connectivity index (χ1n) is 7.36. The van der Waals surface area contributed by atoms with Gasteiger partial charge in [-0.1, -0.05) is 17.7 Å². The molecule has 2 aromatic rings. The minimum atomic E-state index is -0.131. The van der Waals surface area contributed by atoms with E-state index in [1.807, 2.05) is 0 Å². The standard InChI is InChI=1S/C17H20N2O2/c1-13-4-6-15(7-5-13)19-9-8-14(12-19)11-18-17(20)16-3-2-10-21-16/h2-7,10,14H,8-9,11-12H2,1H3,(H,18,20). The molecular formula is C17H20N2O2. The van der Waals surface area contributed by atoms with Crippen molar-refractivity contribution in [1.82, 2.24) is 5.32 Å². The summed E-state index contributed by atoms with van der Waals surface area (Å²) in [5.74, 6) is 0.738. The van der Waals surface area contributed by atoms with Crippen molar-refractivity contribution < 1.29 is 9.21 Å². The Hall–Kier alpha value is -2.23. The fraction of sp³-hybridized carbons (Fsp3) is 0.353. The molecule has 1 saturated heterocycles. The third-order valence-corrected chi connectivity index (χ3v) is 3.98. The predicted molar refractivity (Wildman–Crippen MR) is 82.5 cm³/mol. The maximum atomic E-state index is 11.8. The van der Waals surface area contributed by atoms with Gasteiger partial charge in [0, 0.05) is 25.3 Å². The third kappa shape index (κ3) is 3.27. The highest BCUT2D eigenvalue weighted by Crippen LogP contribution is 2.23. The highest BCUT2D eigenvalue weighted by atomic mass is 16.3. The summed E-state index contributed by atoms with van der Waals surface area (Å²) in [6.07, 6.45) is 2.62.